The van der Waals surface area contributed by atoms with Gasteiger partial charge < -0.3 is 14.2 Å². The minimum Gasteiger partial charge on any atom is -0.462 e. The SMILES string of the molecule is CC/C=C\C/C=C\C/C=C\C/C=C\C/C=C\CCCCCCCCCCCCCCCC(=O)OCC(COC(=O)CCCCCCCCCCCCCCC)OC(=O)CCCCCCC/C=C\C/C=C\C/C=C\C/C=C\C/C=C\CC. The Morgan fingerprint density at radius 1 is 0.259 bits per heavy atom. The van der Waals surface area contributed by atoms with Crippen LogP contribution in [0.2, 0.25) is 0 Å². The van der Waals surface area contributed by atoms with E-state index in [9.17, 15) is 14.4 Å². The van der Waals surface area contributed by atoms with Gasteiger partial charge in [0.25, 0.3) is 0 Å². The average molecular weight is 1120 g/mol. The quantitative estimate of drug-likeness (QED) is 0.0261. The van der Waals surface area contributed by atoms with E-state index in [4.69, 9.17) is 14.2 Å². The summed E-state index contributed by atoms with van der Waals surface area (Å²) in [4.78, 5) is 38.4. The lowest BCUT2D eigenvalue weighted by molar-refractivity contribution is -0.167. The van der Waals surface area contributed by atoms with Crippen molar-refractivity contribution >= 4 is 17.9 Å². The first kappa shape index (κ1) is 76.8. The summed E-state index contributed by atoms with van der Waals surface area (Å²) in [6.45, 7) is 6.42. The summed E-state index contributed by atoms with van der Waals surface area (Å²) in [7, 11) is 0. The number of carbonyl (C=O) groups is 3. The van der Waals surface area contributed by atoms with Crippen molar-refractivity contribution in [2.24, 2.45) is 0 Å². The number of hydrogen-bond acceptors (Lipinski definition) is 6. The third kappa shape index (κ3) is 66.5. The van der Waals surface area contributed by atoms with E-state index in [0.29, 0.717) is 19.3 Å². The standard InChI is InChI=1S/C75H126O6/c1-4-7-10-13-16-19-22-25-27-29-31-33-34-35-36-37-38-39-40-42-43-45-47-50-53-56-59-62-65-68-74(77)80-71-72(70-79-73(76)67-64-61-58-55-52-49-24-21-18-15-12-9-6-3)81-75(78)69-66-63-60-57-54-51-48-46-44-41-32-30-28-26-23-20-17-14-11-8-5-2/h7-8,10-11,16-17,19-20,25-28,31-33,35-36,41,46,48,72H,4-6,9,12-15,18,21-24,29-30,34,37-40,42-45,47,49-71H2,1-3H3/b10-7-,11-8-,19-16-,20-17-,27-25-,28-26-,33-31-,36-35-,41-32-,48-46-. The Kier molecular flexibility index (Phi) is 64.8. The van der Waals surface area contributed by atoms with Gasteiger partial charge in [0, 0.05) is 19.3 Å². The van der Waals surface area contributed by atoms with Crippen molar-refractivity contribution in [3.63, 3.8) is 0 Å². The summed E-state index contributed by atoms with van der Waals surface area (Å²) >= 11 is 0. The van der Waals surface area contributed by atoms with Crippen LogP contribution >= 0.6 is 0 Å². The number of carbonyl (C=O) groups excluding carboxylic acids is 3. The minimum absolute atomic E-state index is 0.0848. The molecule has 0 aromatic carbocycles. The molecule has 0 aromatic rings. The lowest BCUT2D eigenvalue weighted by atomic mass is 10.0. The van der Waals surface area contributed by atoms with Crippen molar-refractivity contribution in [2.75, 3.05) is 13.2 Å². The number of hydrogen-bond donors (Lipinski definition) is 0. The van der Waals surface area contributed by atoms with Gasteiger partial charge in [-0.05, 0) is 109 Å². The summed E-state index contributed by atoms with van der Waals surface area (Å²) in [5.41, 5.74) is 0. The van der Waals surface area contributed by atoms with E-state index in [-0.39, 0.29) is 31.1 Å². The van der Waals surface area contributed by atoms with Crippen molar-refractivity contribution in [1.29, 1.82) is 0 Å². The third-order valence-corrected chi connectivity index (χ3v) is 14.5. The maximum atomic E-state index is 12.9. The zero-order valence-corrected chi connectivity index (χ0v) is 53.0. The lowest BCUT2D eigenvalue weighted by Gasteiger charge is -2.18. The fraction of sp³-hybridized carbons (Fsp3) is 0.693. The summed E-state index contributed by atoms with van der Waals surface area (Å²) in [6, 6.07) is 0. The molecular weight excluding hydrogens is 997 g/mol. The molecule has 0 radical (unpaired) electrons. The first-order valence-corrected chi connectivity index (χ1v) is 34.0. The molecule has 462 valence electrons. The van der Waals surface area contributed by atoms with Crippen LogP contribution in [0.1, 0.15) is 316 Å². The van der Waals surface area contributed by atoms with Crippen LogP contribution in [0.4, 0.5) is 0 Å². The third-order valence-electron chi connectivity index (χ3n) is 14.5. The Balaban J connectivity index is 4.31. The summed E-state index contributed by atoms with van der Waals surface area (Å²) in [6.07, 6.45) is 95.0. The van der Waals surface area contributed by atoms with Gasteiger partial charge in [-0.3, -0.25) is 14.4 Å². The normalized spacial score (nSPS) is 12.9. The van der Waals surface area contributed by atoms with Crippen molar-refractivity contribution in [1.82, 2.24) is 0 Å². The molecule has 0 N–H and O–H groups in total. The molecule has 0 bridgehead atoms. The van der Waals surface area contributed by atoms with Gasteiger partial charge in [-0.2, -0.15) is 0 Å². The molecule has 0 aliphatic rings. The largest absolute Gasteiger partial charge is 0.462 e. The fourth-order valence-electron chi connectivity index (χ4n) is 9.44. The monoisotopic (exact) mass is 1120 g/mol. The molecule has 6 nitrogen and oxygen atoms in total. The van der Waals surface area contributed by atoms with E-state index in [0.717, 1.165) is 141 Å². The average Bonchev–Trinajstić information content (AvgIpc) is 3.46. The highest BCUT2D eigenvalue weighted by Gasteiger charge is 2.19. The van der Waals surface area contributed by atoms with Gasteiger partial charge in [0.2, 0.25) is 0 Å². The van der Waals surface area contributed by atoms with Gasteiger partial charge in [-0.1, -0.05) is 309 Å². The topological polar surface area (TPSA) is 78.9 Å². The molecule has 81 heavy (non-hydrogen) atoms. The molecule has 0 rings (SSSR count). The number of esters is 3. The molecule has 0 aromatic heterocycles. The zero-order valence-electron chi connectivity index (χ0n) is 53.0. The second kappa shape index (κ2) is 68.3. The highest BCUT2D eigenvalue weighted by atomic mass is 16.6. The van der Waals surface area contributed by atoms with Crippen LogP contribution < -0.4 is 0 Å². The van der Waals surface area contributed by atoms with Crippen LogP contribution in [-0.2, 0) is 28.6 Å². The van der Waals surface area contributed by atoms with E-state index in [1.165, 1.54) is 135 Å². The Morgan fingerprint density at radius 2 is 0.481 bits per heavy atom. The molecule has 6 heteroatoms. The second-order valence-electron chi connectivity index (χ2n) is 22.3. The molecule has 1 atom stereocenters. The molecule has 0 amide bonds. The highest BCUT2D eigenvalue weighted by molar-refractivity contribution is 5.71. The summed E-state index contributed by atoms with van der Waals surface area (Å²) in [5.74, 6) is -0.895. The van der Waals surface area contributed by atoms with Crippen LogP contribution in [0.3, 0.4) is 0 Å². The van der Waals surface area contributed by atoms with Crippen LogP contribution in [0.15, 0.2) is 122 Å². The van der Waals surface area contributed by atoms with Gasteiger partial charge in [-0.15, -0.1) is 0 Å². The molecule has 0 heterocycles. The fourth-order valence-corrected chi connectivity index (χ4v) is 9.44. The molecule has 0 aliphatic carbocycles. The van der Waals surface area contributed by atoms with E-state index in [1.54, 1.807) is 0 Å². The smallest absolute Gasteiger partial charge is 0.306 e. The maximum absolute atomic E-state index is 12.9. The molecule has 0 saturated heterocycles. The van der Waals surface area contributed by atoms with Crippen molar-refractivity contribution in [2.45, 2.75) is 322 Å². The molecule has 0 aliphatic heterocycles. The number of unbranched alkanes of at least 4 members (excludes halogenated alkanes) is 30. The predicted octanol–water partition coefficient (Wildman–Crippen LogP) is 23.6. The summed E-state index contributed by atoms with van der Waals surface area (Å²) in [5, 5.41) is 0. The van der Waals surface area contributed by atoms with Crippen molar-refractivity contribution in [3.8, 4) is 0 Å². The molecular formula is C75H126O6. The Labute approximate surface area is 501 Å². The van der Waals surface area contributed by atoms with Gasteiger partial charge >= 0.3 is 17.9 Å². The van der Waals surface area contributed by atoms with Crippen molar-refractivity contribution in [3.05, 3.63) is 122 Å². The van der Waals surface area contributed by atoms with Crippen LogP contribution in [0, 0.1) is 0 Å². The Morgan fingerprint density at radius 3 is 0.753 bits per heavy atom. The zero-order chi connectivity index (χ0) is 58.5. The Hall–Kier alpha value is -4.19. The number of allylic oxidation sites excluding steroid dienone is 20. The van der Waals surface area contributed by atoms with Crippen molar-refractivity contribution < 1.29 is 28.6 Å². The summed E-state index contributed by atoms with van der Waals surface area (Å²) < 4.78 is 16.9. The van der Waals surface area contributed by atoms with Gasteiger partial charge in [0.1, 0.15) is 13.2 Å². The van der Waals surface area contributed by atoms with E-state index in [2.05, 4.69) is 142 Å². The van der Waals surface area contributed by atoms with E-state index in [1.807, 2.05) is 0 Å². The molecule has 0 saturated carbocycles. The first-order valence-electron chi connectivity index (χ1n) is 34.0. The van der Waals surface area contributed by atoms with Gasteiger partial charge in [0.05, 0.1) is 0 Å². The van der Waals surface area contributed by atoms with Gasteiger partial charge in [-0.25, -0.2) is 0 Å². The lowest BCUT2D eigenvalue weighted by Crippen LogP contribution is -2.30. The highest BCUT2D eigenvalue weighted by Crippen LogP contribution is 2.17. The first-order chi connectivity index (χ1) is 40.0. The minimum atomic E-state index is -0.791. The van der Waals surface area contributed by atoms with Gasteiger partial charge in [0.15, 0.2) is 6.10 Å². The predicted molar refractivity (Wildman–Crippen MR) is 353 cm³/mol. The van der Waals surface area contributed by atoms with Crippen LogP contribution in [0.25, 0.3) is 0 Å². The van der Waals surface area contributed by atoms with E-state index < -0.39 is 6.10 Å². The van der Waals surface area contributed by atoms with Crippen LogP contribution in [0.5, 0.6) is 0 Å². The number of ether oxygens (including phenoxy) is 3. The second-order valence-corrected chi connectivity index (χ2v) is 22.3. The molecule has 0 spiro atoms. The Bertz CT molecular complexity index is 1670. The molecule has 0 fully saturated rings. The van der Waals surface area contributed by atoms with Crippen LogP contribution in [-0.4, -0.2) is 37.2 Å². The number of rotatable bonds is 61. The van der Waals surface area contributed by atoms with E-state index >= 15 is 0 Å². The maximum Gasteiger partial charge on any atom is 0.306 e. The molecule has 1 unspecified atom stereocenters.